The monoisotopic (exact) mass is 398 g/mol. The minimum absolute atomic E-state index is 0.111. The zero-order valence-electron chi connectivity index (χ0n) is 16.9. The quantitative estimate of drug-likeness (QED) is 0.517. The van der Waals surface area contributed by atoms with Gasteiger partial charge >= 0.3 is 5.97 Å². The largest absolute Gasteiger partial charge is 0.462 e. The van der Waals surface area contributed by atoms with E-state index in [1.165, 1.54) is 17.1 Å². The summed E-state index contributed by atoms with van der Waals surface area (Å²) < 4.78 is 10.3. The van der Waals surface area contributed by atoms with Crippen LogP contribution in [0.4, 0.5) is 5.69 Å². The van der Waals surface area contributed by atoms with Gasteiger partial charge in [-0.1, -0.05) is 25.1 Å². The fourth-order valence-electron chi connectivity index (χ4n) is 2.60. The Labute approximate surface area is 170 Å². The molecule has 1 N–H and O–H groups in total. The lowest BCUT2D eigenvalue weighted by Gasteiger charge is -2.21. The number of para-hydroxylation sites is 1. The van der Waals surface area contributed by atoms with Gasteiger partial charge in [0, 0.05) is 18.3 Å². The summed E-state index contributed by atoms with van der Waals surface area (Å²) in [4.78, 5) is 37.9. The highest BCUT2D eigenvalue weighted by molar-refractivity contribution is 5.95. The number of ether oxygens (including phenoxy) is 1. The average Bonchev–Trinajstić information content (AvgIpc) is 3.11. The van der Waals surface area contributed by atoms with Crippen LogP contribution >= 0.6 is 0 Å². The number of hydrogen-bond donors (Lipinski definition) is 1. The van der Waals surface area contributed by atoms with Gasteiger partial charge < -0.3 is 19.4 Å². The molecule has 2 rings (SSSR count). The molecule has 0 atom stereocenters. The Kier molecular flexibility index (Phi) is 8.21. The highest BCUT2D eigenvalue weighted by Gasteiger charge is 2.18. The van der Waals surface area contributed by atoms with Crippen molar-refractivity contribution in [3.8, 4) is 0 Å². The molecule has 154 valence electrons. The molecule has 0 saturated heterocycles. The Morgan fingerprint density at radius 1 is 1.14 bits per heavy atom. The molecule has 0 bridgehead atoms. The number of carbonyl (C=O) groups is 3. The van der Waals surface area contributed by atoms with Crippen LogP contribution in [0, 0.1) is 13.8 Å². The van der Waals surface area contributed by atoms with E-state index in [1.807, 2.05) is 32.0 Å². The van der Waals surface area contributed by atoms with Gasteiger partial charge in [-0.2, -0.15) is 0 Å². The van der Waals surface area contributed by atoms with E-state index < -0.39 is 18.5 Å². The second-order valence-electron chi connectivity index (χ2n) is 6.57. The number of esters is 1. The number of anilines is 1. The standard InChI is InChI=1S/C22H26N2O5/c1-4-13-24(14-20(25)23-19-8-6-5-7-16(19)2)21(26)15-28-22(27)12-11-18-10-9-17(3)29-18/h5-12H,4,13-15H2,1-3H3,(H,23,25)/b12-11+. The van der Waals surface area contributed by atoms with Crippen molar-refractivity contribution in [2.24, 2.45) is 0 Å². The van der Waals surface area contributed by atoms with E-state index in [2.05, 4.69) is 5.32 Å². The van der Waals surface area contributed by atoms with Gasteiger partial charge in [-0.25, -0.2) is 4.79 Å². The molecule has 0 spiro atoms. The van der Waals surface area contributed by atoms with E-state index in [9.17, 15) is 14.4 Å². The fourth-order valence-corrected chi connectivity index (χ4v) is 2.60. The minimum atomic E-state index is -0.659. The van der Waals surface area contributed by atoms with E-state index in [1.54, 1.807) is 25.1 Å². The van der Waals surface area contributed by atoms with Crippen molar-refractivity contribution >= 4 is 29.5 Å². The molecule has 1 heterocycles. The molecule has 7 nitrogen and oxygen atoms in total. The number of nitrogens with zero attached hydrogens (tertiary/aromatic N) is 1. The molecule has 2 aromatic rings. The van der Waals surface area contributed by atoms with E-state index in [0.717, 1.165) is 11.3 Å². The smallest absolute Gasteiger partial charge is 0.331 e. The third kappa shape index (κ3) is 7.29. The normalized spacial score (nSPS) is 10.7. The molecule has 7 heteroatoms. The first-order valence-electron chi connectivity index (χ1n) is 9.43. The predicted molar refractivity (Wildman–Crippen MR) is 110 cm³/mol. The zero-order valence-corrected chi connectivity index (χ0v) is 16.9. The predicted octanol–water partition coefficient (Wildman–Crippen LogP) is 3.33. The van der Waals surface area contributed by atoms with Crippen molar-refractivity contribution in [2.75, 3.05) is 25.0 Å². The molecule has 29 heavy (non-hydrogen) atoms. The van der Waals surface area contributed by atoms with Crippen molar-refractivity contribution in [3.05, 3.63) is 59.6 Å². The fraction of sp³-hybridized carbons (Fsp3) is 0.318. The number of amides is 2. The Morgan fingerprint density at radius 3 is 2.55 bits per heavy atom. The number of aryl methyl sites for hydroxylation is 2. The van der Waals surface area contributed by atoms with Crippen molar-refractivity contribution < 1.29 is 23.5 Å². The Morgan fingerprint density at radius 2 is 1.90 bits per heavy atom. The first-order chi connectivity index (χ1) is 13.9. The van der Waals surface area contributed by atoms with Gasteiger partial charge in [-0.05, 0) is 50.1 Å². The van der Waals surface area contributed by atoms with Gasteiger partial charge in [0.15, 0.2) is 6.61 Å². The lowest BCUT2D eigenvalue weighted by Crippen LogP contribution is -2.40. The number of furan rings is 1. The Bertz CT molecular complexity index is 885. The summed E-state index contributed by atoms with van der Waals surface area (Å²) in [6, 6.07) is 10.9. The maximum absolute atomic E-state index is 12.4. The molecule has 0 radical (unpaired) electrons. The van der Waals surface area contributed by atoms with Crippen molar-refractivity contribution in [3.63, 3.8) is 0 Å². The molecular formula is C22H26N2O5. The van der Waals surface area contributed by atoms with Gasteiger partial charge in [0.25, 0.3) is 5.91 Å². The van der Waals surface area contributed by atoms with Crippen LogP contribution in [-0.4, -0.2) is 42.4 Å². The molecule has 0 fully saturated rings. The molecule has 0 saturated carbocycles. The summed E-state index contributed by atoms with van der Waals surface area (Å²) in [6.07, 6.45) is 3.34. The molecule has 0 aliphatic heterocycles. The van der Waals surface area contributed by atoms with Crippen molar-refractivity contribution in [1.82, 2.24) is 4.90 Å². The lowest BCUT2D eigenvalue weighted by molar-refractivity contribution is -0.148. The number of rotatable bonds is 9. The van der Waals surface area contributed by atoms with E-state index in [0.29, 0.717) is 24.4 Å². The first kappa shape index (κ1) is 21.9. The van der Waals surface area contributed by atoms with Gasteiger partial charge in [0.1, 0.15) is 11.5 Å². The van der Waals surface area contributed by atoms with Gasteiger partial charge in [0.05, 0.1) is 6.54 Å². The summed E-state index contributed by atoms with van der Waals surface area (Å²) >= 11 is 0. The van der Waals surface area contributed by atoms with Crippen molar-refractivity contribution in [2.45, 2.75) is 27.2 Å². The van der Waals surface area contributed by atoms with Crippen LogP contribution in [0.3, 0.4) is 0 Å². The molecule has 2 amide bonds. The van der Waals surface area contributed by atoms with Crippen LogP contribution < -0.4 is 5.32 Å². The summed E-state index contributed by atoms with van der Waals surface area (Å²) in [5, 5.41) is 2.80. The van der Waals surface area contributed by atoms with Crippen LogP contribution in [0.25, 0.3) is 6.08 Å². The molecule has 1 aromatic carbocycles. The maximum Gasteiger partial charge on any atom is 0.331 e. The van der Waals surface area contributed by atoms with Crippen LogP contribution in [-0.2, 0) is 19.1 Å². The van der Waals surface area contributed by atoms with Gasteiger partial charge in [0.2, 0.25) is 5.91 Å². The zero-order chi connectivity index (χ0) is 21.2. The Hall–Kier alpha value is -3.35. The van der Waals surface area contributed by atoms with E-state index >= 15 is 0 Å². The number of nitrogens with one attached hydrogen (secondary N) is 1. The number of hydrogen-bond acceptors (Lipinski definition) is 5. The SMILES string of the molecule is CCCN(CC(=O)Nc1ccccc1C)C(=O)COC(=O)/C=C/c1ccc(C)o1. The molecule has 0 unspecified atom stereocenters. The molecule has 0 aliphatic carbocycles. The first-order valence-corrected chi connectivity index (χ1v) is 9.43. The topological polar surface area (TPSA) is 88.9 Å². The van der Waals surface area contributed by atoms with Crippen LogP contribution in [0.1, 0.15) is 30.4 Å². The highest BCUT2D eigenvalue weighted by atomic mass is 16.5. The number of carbonyl (C=O) groups excluding carboxylic acids is 3. The lowest BCUT2D eigenvalue weighted by atomic mass is 10.2. The second kappa shape index (κ2) is 10.8. The summed E-state index contributed by atoms with van der Waals surface area (Å²) in [7, 11) is 0. The van der Waals surface area contributed by atoms with Crippen LogP contribution in [0.2, 0.25) is 0 Å². The van der Waals surface area contributed by atoms with E-state index in [-0.39, 0.29) is 12.5 Å². The molecule has 0 aliphatic rings. The molecular weight excluding hydrogens is 372 g/mol. The van der Waals surface area contributed by atoms with Gasteiger partial charge in [-0.15, -0.1) is 0 Å². The third-order valence-electron chi connectivity index (χ3n) is 4.08. The highest BCUT2D eigenvalue weighted by Crippen LogP contribution is 2.13. The average molecular weight is 398 g/mol. The van der Waals surface area contributed by atoms with E-state index in [4.69, 9.17) is 9.15 Å². The maximum atomic E-state index is 12.4. The third-order valence-corrected chi connectivity index (χ3v) is 4.08. The Balaban J connectivity index is 1.86. The van der Waals surface area contributed by atoms with Crippen molar-refractivity contribution in [1.29, 1.82) is 0 Å². The second-order valence-corrected chi connectivity index (χ2v) is 6.57. The summed E-state index contributed by atoms with van der Waals surface area (Å²) in [5.41, 5.74) is 1.63. The minimum Gasteiger partial charge on any atom is -0.462 e. The van der Waals surface area contributed by atoms with Crippen LogP contribution in [0.15, 0.2) is 46.9 Å². The van der Waals surface area contributed by atoms with Crippen LogP contribution in [0.5, 0.6) is 0 Å². The molecule has 1 aromatic heterocycles. The number of benzene rings is 1. The summed E-state index contributed by atoms with van der Waals surface area (Å²) in [5.74, 6) is -0.144. The van der Waals surface area contributed by atoms with Gasteiger partial charge in [-0.3, -0.25) is 9.59 Å². The summed E-state index contributed by atoms with van der Waals surface area (Å²) in [6.45, 7) is 5.43.